The second-order valence-corrected chi connectivity index (χ2v) is 4.10. The fraction of sp³-hybridized carbons (Fsp3) is 0.500. The summed E-state index contributed by atoms with van der Waals surface area (Å²) in [4.78, 5) is 0. The monoisotopic (exact) mass is 227 g/mol. The van der Waals surface area contributed by atoms with Gasteiger partial charge in [0.05, 0.1) is 10.7 Å². The van der Waals surface area contributed by atoms with Crippen LogP contribution in [0.2, 0.25) is 5.02 Å². The molecule has 0 aliphatic rings. The average molecular weight is 228 g/mol. The van der Waals surface area contributed by atoms with E-state index in [1.54, 1.807) is 0 Å². The van der Waals surface area contributed by atoms with Crippen molar-refractivity contribution in [2.24, 2.45) is 0 Å². The molecule has 0 heterocycles. The predicted molar refractivity (Wildman–Crippen MR) is 65.6 cm³/mol. The lowest BCUT2D eigenvalue weighted by molar-refractivity contribution is 0.283. The topological polar surface area (TPSA) is 32.3 Å². The van der Waals surface area contributed by atoms with Crippen LogP contribution in [0.25, 0.3) is 0 Å². The van der Waals surface area contributed by atoms with Gasteiger partial charge in [0.1, 0.15) is 0 Å². The molecule has 84 valence electrons. The summed E-state index contributed by atoms with van der Waals surface area (Å²) in [6.07, 6.45) is 2.99. The van der Waals surface area contributed by atoms with Gasteiger partial charge < -0.3 is 10.4 Å². The number of hydrogen-bond donors (Lipinski definition) is 2. The van der Waals surface area contributed by atoms with Crippen LogP contribution in [0.5, 0.6) is 0 Å². The minimum Gasteiger partial charge on any atom is -0.396 e. The van der Waals surface area contributed by atoms with Crippen LogP contribution in [-0.4, -0.2) is 18.3 Å². The number of unbranched alkanes of at least 4 members (excludes halogenated alkanes) is 2. The van der Waals surface area contributed by atoms with Crippen LogP contribution in [-0.2, 0) is 0 Å². The van der Waals surface area contributed by atoms with Crippen molar-refractivity contribution in [3.63, 3.8) is 0 Å². The zero-order valence-corrected chi connectivity index (χ0v) is 9.85. The van der Waals surface area contributed by atoms with Crippen molar-refractivity contribution < 1.29 is 5.11 Å². The lowest BCUT2D eigenvalue weighted by Gasteiger charge is -2.08. The highest BCUT2D eigenvalue weighted by Gasteiger charge is 1.98. The smallest absolute Gasteiger partial charge is 0.0640 e. The van der Waals surface area contributed by atoms with Gasteiger partial charge in [-0.25, -0.2) is 0 Å². The normalized spacial score (nSPS) is 10.3. The van der Waals surface area contributed by atoms with Gasteiger partial charge >= 0.3 is 0 Å². The Kier molecular flexibility index (Phi) is 5.51. The van der Waals surface area contributed by atoms with Crippen LogP contribution in [0.15, 0.2) is 18.2 Å². The van der Waals surface area contributed by atoms with Crippen molar-refractivity contribution in [2.45, 2.75) is 26.2 Å². The molecule has 0 unspecified atom stereocenters. The molecule has 0 spiro atoms. The summed E-state index contributed by atoms with van der Waals surface area (Å²) in [7, 11) is 0. The number of rotatable bonds is 6. The predicted octanol–water partition coefficient (Wildman–Crippen LogP) is 3.22. The fourth-order valence-electron chi connectivity index (χ4n) is 1.40. The van der Waals surface area contributed by atoms with E-state index in [2.05, 4.69) is 5.32 Å². The van der Waals surface area contributed by atoms with Crippen molar-refractivity contribution in [2.75, 3.05) is 18.5 Å². The molecule has 15 heavy (non-hydrogen) atoms. The highest BCUT2D eigenvalue weighted by molar-refractivity contribution is 6.33. The molecule has 2 nitrogen and oxygen atoms in total. The van der Waals surface area contributed by atoms with E-state index >= 15 is 0 Å². The first-order valence-electron chi connectivity index (χ1n) is 5.35. The van der Waals surface area contributed by atoms with Gasteiger partial charge in [0.2, 0.25) is 0 Å². The molecule has 0 amide bonds. The standard InChI is InChI=1S/C12H18ClNO/c1-10-5-6-12(11(13)9-10)14-7-3-2-4-8-15/h5-6,9,14-15H,2-4,7-8H2,1H3. The fourth-order valence-corrected chi connectivity index (χ4v) is 1.70. The van der Waals surface area contributed by atoms with E-state index in [-0.39, 0.29) is 6.61 Å². The van der Waals surface area contributed by atoms with Gasteiger partial charge in [0, 0.05) is 13.2 Å². The summed E-state index contributed by atoms with van der Waals surface area (Å²) in [5, 5.41) is 12.7. The van der Waals surface area contributed by atoms with Crippen molar-refractivity contribution in [3.05, 3.63) is 28.8 Å². The zero-order valence-electron chi connectivity index (χ0n) is 9.09. The van der Waals surface area contributed by atoms with Gasteiger partial charge in [-0.3, -0.25) is 0 Å². The summed E-state index contributed by atoms with van der Waals surface area (Å²) in [6, 6.07) is 6.00. The van der Waals surface area contributed by atoms with Crippen LogP contribution in [0.3, 0.4) is 0 Å². The third-order valence-electron chi connectivity index (χ3n) is 2.27. The maximum Gasteiger partial charge on any atom is 0.0640 e. The Balaban J connectivity index is 2.31. The Morgan fingerprint density at radius 3 is 2.73 bits per heavy atom. The molecule has 3 heteroatoms. The van der Waals surface area contributed by atoms with Crippen LogP contribution >= 0.6 is 11.6 Å². The molecule has 0 atom stereocenters. The number of nitrogens with one attached hydrogen (secondary N) is 1. The number of hydrogen-bond acceptors (Lipinski definition) is 2. The first-order chi connectivity index (χ1) is 7.24. The molecule has 1 rings (SSSR count). The van der Waals surface area contributed by atoms with Crippen LogP contribution in [0.1, 0.15) is 24.8 Å². The number of halogens is 1. The highest BCUT2D eigenvalue weighted by atomic mass is 35.5. The Hall–Kier alpha value is -0.730. The van der Waals surface area contributed by atoms with Crippen molar-refractivity contribution in [3.8, 4) is 0 Å². The Morgan fingerprint density at radius 1 is 1.27 bits per heavy atom. The summed E-state index contributed by atoms with van der Waals surface area (Å²) < 4.78 is 0. The minimum atomic E-state index is 0.283. The third kappa shape index (κ3) is 4.54. The molecule has 1 aromatic rings. The third-order valence-corrected chi connectivity index (χ3v) is 2.59. The summed E-state index contributed by atoms with van der Waals surface area (Å²) in [5.41, 5.74) is 2.16. The second-order valence-electron chi connectivity index (χ2n) is 3.69. The largest absolute Gasteiger partial charge is 0.396 e. The summed E-state index contributed by atoms with van der Waals surface area (Å²) in [6.45, 7) is 3.21. The van der Waals surface area contributed by atoms with Gasteiger partial charge in [0.25, 0.3) is 0 Å². The molecule has 0 aromatic heterocycles. The molecular weight excluding hydrogens is 210 g/mol. The molecule has 0 saturated heterocycles. The van der Waals surface area contributed by atoms with Gasteiger partial charge in [-0.05, 0) is 43.9 Å². The van der Waals surface area contributed by atoms with Crippen molar-refractivity contribution in [1.29, 1.82) is 0 Å². The zero-order chi connectivity index (χ0) is 11.1. The van der Waals surface area contributed by atoms with E-state index in [4.69, 9.17) is 16.7 Å². The van der Waals surface area contributed by atoms with E-state index in [0.29, 0.717) is 0 Å². The molecule has 0 fully saturated rings. The first-order valence-corrected chi connectivity index (χ1v) is 5.72. The number of aliphatic hydroxyl groups excluding tert-OH is 1. The van der Waals surface area contributed by atoms with Crippen LogP contribution < -0.4 is 5.32 Å². The number of aliphatic hydroxyl groups is 1. The maximum atomic E-state index is 8.62. The van der Waals surface area contributed by atoms with Crippen LogP contribution in [0.4, 0.5) is 5.69 Å². The molecular formula is C12H18ClNO. The van der Waals surface area contributed by atoms with Crippen molar-refractivity contribution >= 4 is 17.3 Å². The van der Waals surface area contributed by atoms with E-state index < -0.39 is 0 Å². The van der Waals surface area contributed by atoms with E-state index in [9.17, 15) is 0 Å². The molecule has 0 bridgehead atoms. The van der Waals surface area contributed by atoms with E-state index in [1.807, 2.05) is 25.1 Å². The first kappa shape index (κ1) is 12.3. The van der Waals surface area contributed by atoms with Gasteiger partial charge in [-0.1, -0.05) is 17.7 Å². The highest BCUT2D eigenvalue weighted by Crippen LogP contribution is 2.22. The number of anilines is 1. The number of benzene rings is 1. The Morgan fingerprint density at radius 2 is 2.07 bits per heavy atom. The maximum absolute atomic E-state index is 8.62. The minimum absolute atomic E-state index is 0.283. The Bertz CT molecular complexity index is 302. The van der Waals surface area contributed by atoms with Gasteiger partial charge in [-0.15, -0.1) is 0 Å². The average Bonchev–Trinajstić information content (AvgIpc) is 2.20. The lowest BCUT2D eigenvalue weighted by atomic mass is 10.2. The van der Waals surface area contributed by atoms with E-state index in [1.165, 1.54) is 5.56 Å². The van der Waals surface area contributed by atoms with E-state index in [0.717, 1.165) is 36.5 Å². The van der Waals surface area contributed by atoms with Crippen LogP contribution in [0, 0.1) is 6.92 Å². The SMILES string of the molecule is Cc1ccc(NCCCCCO)c(Cl)c1. The lowest BCUT2D eigenvalue weighted by Crippen LogP contribution is -2.02. The Labute approximate surface area is 96.3 Å². The molecule has 0 saturated carbocycles. The molecule has 0 aliphatic heterocycles. The number of aryl methyl sites for hydroxylation is 1. The second kappa shape index (κ2) is 6.70. The molecule has 1 aromatic carbocycles. The van der Waals surface area contributed by atoms with Gasteiger partial charge in [0.15, 0.2) is 0 Å². The quantitative estimate of drug-likeness (QED) is 0.732. The van der Waals surface area contributed by atoms with Gasteiger partial charge in [-0.2, -0.15) is 0 Å². The molecule has 0 aliphatic carbocycles. The summed E-state index contributed by atoms with van der Waals surface area (Å²) >= 11 is 6.07. The molecule has 2 N–H and O–H groups in total. The summed E-state index contributed by atoms with van der Waals surface area (Å²) in [5.74, 6) is 0. The van der Waals surface area contributed by atoms with Crippen molar-refractivity contribution in [1.82, 2.24) is 0 Å². The molecule has 0 radical (unpaired) electrons.